The molecule has 0 saturated carbocycles. The summed E-state index contributed by atoms with van der Waals surface area (Å²) in [7, 11) is -2.92. The molecule has 0 amide bonds. The number of fused-ring (bicyclic) bond motifs is 12. The molecular weight excluding hydrogens is 801 g/mol. The van der Waals surface area contributed by atoms with Gasteiger partial charge in [-0.15, -0.1) is 0 Å². The van der Waals surface area contributed by atoms with Gasteiger partial charge in [0, 0.05) is 32.9 Å². The molecule has 0 bridgehead atoms. The molecule has 2 nitrogen and oxygen atoms in total. The van der Waals surface area contributed by atoms with Gasteiger partial charge < -0.3 is 9.13 Å². The lowest BCUT2D eigenvalue weighted by Crippen LogP contribution is -2.74. The van der Waals surface area contributed by atoms with Gasteiger partial charge in [-0.25, -0.2) is 0 Å². The lowest BCUT2D eigenvalue weighted by atomic mass is 10.0. The van der Waals surface area contributed by atoms with Gasteiger partial charge in [-0.3, -0.25) is 0 Å². The molecule has 2 aromatic heterocycles. The Morgan fingerprint density at radius 1 is 0.262 bits per heavy atom. The third kappa shape index (κ3) is 5.28. The van der Waals surface area contributed by atoms with Crippen molar-refractivity contribution in [1.29, 1.82) is 0 Å². The largest absolute Gasteiger partial charge is 0.309 e. The maximum Gasteiger partial charge on any atom is 0.179 e. The Kier molecular flexibility index (Phi) is 7.87. The van der Waals surface area contributed by atoms with Crippen molar-refractivity contribution >= 4 is 72.4 Å². The van der Waals surface area contributed by atoms with Crippen LogP contribution in [0, 0.1) is 0 Å². The van der Waals surface area contributed by atoms with E-state index in [9.17, 15) is 0 Å². The zero-order valence-corrected chi connectivity index (χ0v) is 36.7. The van der Waals surface area contributed by atoms with Crippen LogP contribution in [0.1, 0.15) is 22.3 Å². The fraction of sp³-hybridized carbons (Fsp3) is 0.0323. The summed E-state index contributed by atoms with van der Waals surface area (Å²) in [5, 5.41) is 10.7. The number of hydrogen-bond donors (Lipinski definition) is 0. The predicted molar refractivity (Wildman–Crippen MR) is 275 cm³/mol. The maximum absolute atomic E-state index is 2.92. The number of nitrogens with zero attached hydrogens (tertiary/aromatic N) is 2. The first-order chi connectivity index (χ1) is 32.2. The van der Waals surface area contributed by atoms with Gasteiger partial charge in [-0.2, -0.15) is 0 Å². The van der Waals surface area contributed by atoms with Crippen LogP contribution in [0.2, 0.25) is 0 Å². The molecule has 14 rings (SSSR count). The van der Waals surface area contributed by atoms with Crippen LogP contribution in [0.4, 0.5) is 0 Å². The van der Waals surface area contributed by atoms with Gasteiger partial charge in [0.15, 0.2) is 8.07 Å². The minimum atomic E-state index is -2.92. The van der Waals surface area contributed by atoms with Crippen LogP contribution in [-0.2, 0) is 12.8 Å². The van der Waals surface area contributed by atoms with E-state index >= 15 is 0 Å². The molecule has 0 N–H and O–H groups in total. The highest BCUT2D eigenvalue weighted by Gasteiger charge is 2.43. The molecule has 2 aliphatic carbocycles. The van der Waals surface area contributed by atoms with Crippen LogP contribution < -0.4 is 20.7 Å². The second kappa shape index (κ2) is 14.0. The zero-order valence-electron chi connectivity index (χ0n) is 35.7. The molecule has 2 aliphatic rings. The second-order valence-electron chi connectivity index (χ2n) is 18.0. The molecule has 0 fully saturated rings. The standard InChI is InChI=1S/C62H42N2Si/c1-3-15-47(16-4-1)65(48-17-5-2-6-18-48,49-33-29-43-35-41-27-31-45(37-55(41)57(43)39-49)63-59-23-11-7-19-51(59)52-20-8-12-24-60(52)63)50-34-30-44-36-42-28-32-46(38-56(42)58(44)40-50)64-61-25-13-9-21-53(61)54-22-10-14-26-62(54)64/h1-34,37-40H,35-36H2. The molecule has 0 aliphatic heterocycles. The third-order valence-electron chi connectivity index (χ3n) is 14.7. The lowest BCUT2D eigenvalue weighted by molar-refractivity contribution is 1.17. The van der Waals surface area contributed by atoms with Crippen LogP contribution >= 0.6 is 0 Å². The van der Waals surface area contributed by atoms with Crippen molar-refractivity contribution in [3.8, 4) is 33.6 Å². The summed E-state index contributed by atoms with van der Waals surface area (Å²) in [5.74, 6) is 0. The van der Waals surface area contributed by atoms with Crippen molar-refractivity contribution in [3.63, 3.8) is 0 Å². The molecule has 3 heteroatoms. The number of para-hydroxylation sites is 4. The summed E-state index contributed by atoms with van der Waals surface area (Å²) in [6.45, 7) is 0. The molecule has 0 atom stereocenters. The van der Waals surface area contributed by atoms with E-state index in [4.69, 9.17) is 0 Å². The monoisotopic (exact) mass is 842 g/mol. The molecule has 0 radical (unpaired) electrons. The van der Waals surface area contributed by atoms with E-state index < -0.39 is 8.07 Å². The summed E-state index contributed by atoms with van der Waals surface area (Å²) < 4.78 is 4.91. The average Bonchev–Trinajstić information content (AvgIpc) is 4.12. The molecule has 2 heterocycles. The average molecular weight is 843 g/mol. The topological polar surface area (TPSA) is 9.86 Å². The van der Waals surface area contributed by atoms with E-state index in [0.717, 1.165) is 12.8 Å². The normalized spacial score (nSPS) is 12.8. The van der Waals surface area contributed by atoms with E-state index in [1.165, 1.54) is 120 Å². The minimum Gasteiger partial charge on any atom is -0.309 e. The molecule has 0 saturated heterocycles. The Balaban J connectivity index is 0.970. The van der Waals surface area contributed by atoms with E-state index in [0.29, 0.717) is 0 Å². The highest BCUT2D eigenvalue weighted by molar-refractivity contribution is 7.20. The van der Waals surface area contributed by atoms with E-state index in [1.807, 2.05) is 0 Å². The minimum absolute atomic E-state index is 0.938. The van der Waals surface area contributed by atoms with Gasteiger partial charge in [0.25, 0.3) is 0 Å². The van der Waals surface area contributed by atoms with E-state index in [-0.39, 0.29) is 0 Å². The summed E-state index contributed by atoms with van der Waals surface area (Å²) in [6.07, 6.45) is 1.88. The first-order valence-electron chi connectivity index (χ1n) is 22.8. The number of aromatic nitrogens is 2. The summed E-state index contributed by atoms with van der Waals surface area (Å²) in [5.41, 5.74) is 18.3. The van der Waals surface area contributed by atoms with Gasteiger partial charge in [-0.05, 0) is 127 Å². The highest BCUT2D eigenvalue weighted by Crippen LogP contribution is 2.42. The maximum atomic E-state index is 2.59. The lowest BCUT2D eigenvalue weighted by Gasteiger charge is -2.35. The van der Waals surface area contributed by atoms with Crippen molar-refractivity contribution < 1.29 is 0 Å². The van der Waals surface area contributed by atoms with Crippen LogP contribution in [0.25, 0.3) is 77.2 Å². The summed E-state index contributed by atoms with van der Waals surface area (Å²) >= 11 is 0. The van der Waals surface area contributed by atoms with Gasteiger partial charge in [0.1, 0.15) is 0 Å². The molecule has 0 spiro atoms. The van der Waals surface area contributed by atoms with Crippen molar-refractivity contribution in [2.24, 2.45) is 0 Å². The fourth-order valence-corrected chi connectivity index (χ4v) is 16.6. The molecule has 12 aromatic rings. The Morgan fingerprint density at radius 2 is 0.569 bits per heavy atom. The van der Waals surface area contributed by atoms with Crippen molar-refractivity contribution in [3.05, 3.63) is 253 Å². The number of benzene rings is 10. The third-order valence-corrected chi connectivity index (χ3v) is 19.5. The predicted octanol–water partition coefficient (Wildman–Crippen LogP) is 12.4. The van der Waals surface area contributed by atoms with Crippen LogP contribution in [-0.4, -0.2) is 17.2 Å². The summed E-state index contributed by atoms with van der Waals surface area (Å²) in [4.78, 5) is 0. The Labute approximate surface area is 378 Å². The quantitative estimate of drug-likeness (QED) is 0.117. The second-order valence-corrected chi connectivity index (χ2v) is 21.8. The molecule has 304 valence electrons. The highest BCUT2D eigenvalue weighted by atomic mass is 28.3. The van der Waals surface area contributed by atoms with Gasteiger partial charge in [0.2, 0.25) is 0 Å². The van der Waals surface area contributed by atoms with Gasteiger partial charge in [0.05, 0.1) is 22.1 Å². The van der Waals surface area contributed by atoms with Crippen LogP contribution in [0.3, 0.4) is 0 Å². The first-order valence-corrected chi connectivity index (χ1v) is 24.8. The molecule has 10 aromatic carbocycles. The Bertz CT molecular complexity index is 3530. The van der Waals surface area contributed by atoms with Gasteiger partial charge >= 0.3 is 0 Å². The van der Waals surface area contributed by atoms with E-state index in [2.05, 4.69) is 240 Å². The Hall–Kier alpha value is -7.98. The first kappa shape index (κ1) is 36.5. The smallest absolute Gasteiger partial charge is 0.179 e. The van der Waals surface area contributed by atoms with Crippen molar-refractivity contribution in [2.75, 3.05) is 0 Å². The molecular formula is C62H42N2Si. The van der Waals surface area contributed by atoms with Crippen LogP contribution in [0.5, 0.6) is 0 Å². The SMILES string of the molecule is c1ccc([Si](c2ccccc2)(c2ccc3c(c2)-c2cc(-n4c5ccccc5c5ccccc54)ccc2C3)c2ccc3c(c2)-c2cc(-n4c5ccccc5c5ccccc54)ccc2C3)cc1. The summed E-state index contributed by atoms with van der Waals surface area (Å²) in [6, 6.07) is 87.5. The Morgan fingerprint density at radius 3 is 0.938 bits per heavy atom. The van der Waals surface area contributed by atoms with Crippen molar-refractivity contribution in [2.45, 2.75) is 12.8 Å². The fourth-order valence-electron chi connectivity index (χ4n) is 11.8. The van der Waals surface area contributed by atoms with Gasteiger partial charge in [-0.1, -0.05) is 182 Å². The van der Waals surface area contributed by atoms with Crippen molar-refractivity contribution in [1.82, 2.24) is 9.13 Å². The zero-order chi connectivity index (χ0) is 42.6. The van der Waals surface area contributed by atoms with Crippen LogP contribution in [0.15, 0.2) is 231 Å². The number of hydrogen-bond acceptors (Lipinski definition) is 0. The molecule has 0 unspecified atom stereocenters. The molecule has 65 heavy (non-hydrogen) atoms. The number of rotatable bonds is 6. The van der Waals surface area contributed by atoms with E-state index in [1.54, 1.807) is 0 Å².